The van der Waals surface area contributed by atoms with Gasteiger partial charge >= 0.3 is 0 Å². The first-order chi connectivity index (χ1) is 9.76. The number of nitrogens with zero attached hydrogens (tertiary/aromatic N) is 2. The van der Waals surface area contributed by atoms with E-state index in [0.29, 0.717) is 18.3 Å². The van der Waals surface area contributed by atoms with Crippen molar-refractivity contribution in [3.63, 3.8) is 0 Å². The molecule has 0 unspecified atom stereocenters. The number of thiophene rings is 1. The van der Waals surface area contributed by atoms with Crippen molar-refractivity contribution < 1.29 is 9.26 Å². The SMILES string of the molecule is CCOc1ccc(-c2nc(-c3ccc(C)s3)no2)cc1. The van der Waals surface area contributed by atoms with Crippen LogP contribution in [0.3, 0.4) is 0 Å². The van der Waals surface area contributed by atoms with Crippen molar-refractivity contribution in [3.8, 4) is 27.9 Å². The second kappa shape index (κ2) is 5.46. The Morgan fingerprint density at radius 3 is 2.60 bits per heavy atom. The number of aryl methyl sites for hydroxylation is 1. The predicted molar refractivity (Wildman–Crippen MR) is 79.0 cm³/mol. The molecule has 2 aromatic heterocycles. The lowest BCUT2D eigenvalue weighted by Gasteiger charge is -2.01. The molecule has 2 heterocycles. The molecule has 0 fully saturated rings. The van der Waals surface area contributed by atoms with E-state index in [1.54, 1.807) is 11.3 Å². The second-order valence-corrected chi connectivity index (χ2v) is 5.58. The summed E-state index contributed by atoms with van der Waals surface area (Å²) in [4.78, 5) is 6.68. The molecule has 0 saturated carbocycles. The lowest BCUT2D eigenvalue weighted by Crippen LogP contribution is -1.90. The highest BCUT2D eigenvalue weighted by Gasteiger charge is 2.11. The molecule has 20 heavy (non-hydrogen) atoms. The summed E-state index contributed by atoms with van der Waals surface area (Å²) >= 11 is 1.65. The third-order valence-electron chi connectivity index (χ3n) is 2.80. The van der Waals surface area contributed by atoms with Gasteiger partial charge in [0.1, 0.15) is 5.75 Å². The Balaban J connectivity index is 1.86. The largest absolute Gasteiger partial charge is 0.494 e. The maximum Gasteiger partial charge on any atom is 0.258 e. The molecule has 5 heteroatoms. The molecule has 102 valence electrons. The van der Waals surface area contributed by atoms with Crippen molar-refractivity contribution in [2.24, 2.45) is 0 Å². The summed E-state index contributed by atoms with van der Waals surface area (Å²) in [6.07, 6.45) is 0. The van der Waals surface area contributed by atoms with Crippen LogP contribution >= 0.6 is 11.3 Å². The van der Waals surface area contributed by atoms with Crippen LogP contribution in [0.5, 0.6) is 5.75 Å². The third-order valence-corrected chi connectivity index (χ3v) is 3.80. The highest BCUT2D eigenvalue weighted by molar-refractivity contribution is 7.15. The van der Waals surface area contributed by atoms with Gasteiger partial charge in [-0.05, 0) is 50.2 Å². The summed E-state index contributed by atoms with van der Waals surface area (Å²) in [5.41, 5.74) is 0.889. The standard InChI is InChI=1S/C15H14N2O2S/c1-3-18-12-7-5-11(6-8-12)15-16-14(17-19-15)13-9-4-10(2)20-13/h4-9H,3H2,1-2H3. The van der Waals surface area contributed by atoms with Crippen LogP contribution in [-0.4, -0.2) is 16.7 Å². The molecule has 0 spiro atoms. The van der Waals surface area contributed by atoms with E-state index in [-0.39, 0.29) is 0 Å². The van der Waals surface area contributed by atoms with Crippen LogP contribution in [0.15, 0.2) is 40.9 Å². The number of benzene rings is 1. The van der Waals surface area contributed by atoms with Crippen molar-refractivity contribution in [2.75, 3.05) is 6.61 Å². The van der Waals surface area contributed by atoms with Crippen molar-refractivity contribution in [2.45, 2.75) is 13.8 Å². The van der Waals surface area contributed by atoms with Gasteiger partial charge in [-0.1, -0.05) is 5.16 Å². The van der Waals surface area contributed by atoms with Gasteiger partial charge in [0, 0.05) is 10.4 Å². The van der Waals surface area contributed by atoms with E-state index in [2.05, 4.69) is 17.1 Å². The molecule has 0 radical (unpaired) electrons. The maximum absolute atomic E-state index is 5.41. The fraction of sp³-hybridized carbons (Fsp3) is 0.200. The maximum atomic E-state index is 5.41. The fourth-order valence-electron chi connectivity index (χ4n) is 1.86. The van der Waals surface area contributed by atoms with E-state index in [1.165, 1.54) is 4.88 Å². The van der Waals surface area contributed by atoms with Gasteiger partial charge < -0.3 is 9.26 Å². The number of hydrogen-bond acceptors (Lipinski definition) is 5. The summed E-state index contributed by atoms with van der Waals surface area (Å²) in [6, 6.07) is 11.7. The molecule has 0 saturated heterocycles. The van der Waals surface area contributed by atoms with E-state index in [1.807, 2.05) is 43.3 Å². The Bertz CT molecular complexity index is 701. The number of hydrogen-bond donors (Lipinski definition) is 0. The third kappa shape index (κ3) is 2.58. The Kier molecular flexibility index (Phi) is 3.52. The quantitative estimate of drug-likeness (QED) is 0.722. The summed E-state index contributed by atoms with van der Waals surface area (Å²) in [6.45, 7) is 4.67. The molecule has 0 amide bonds. The second-order valence-electron chi connectivity index (χ2n) is 4.29. The molecule has 0 bridgehead atoms. The summed E-state index contributed by atoms with van der Waals surface area (Å²) in [5, 5.41) is 4.03. The van der Waals surface area contributed by atoms with Crippen LogP contribution in [0, 0.1) is 6.92 Å². The number of ether oxygens (including phenoxy) is 1. The molecule has 0 atom stereocenters. The first-order valence-corrected chi connectivity index (χ1v) is 7.21. The fourth-order valence-corrected chi connectivity index (χ4v) is 2.65. The van der Waals surface area contributed by atoms with Crippen molar-refractivity contribution in [1.82, 2.24) is 10.1 Å². The van der Waals surface area contributed by atoms with Crippen molar-refractivity contribution in [1.29, 1.82) is 0 Å². The van der Waals surface area contributed by atoms with Gasteiger partial charge in [-0.2, -0.15) is 4.98 Å². The van der Waals surface area contributed by atoms with Crippen LogP contribution in [0.2, 0.25) is 0 Å². The first kappa shape index (κ1) is 12.9. The van der Waals surface area contributed by atoms with Gasteiger partial charge in [0.15, 0.2) is 0 Å². The Hall–Kier alpha value is -2.14. The lowest BCUT2D eigenvalue weighted by molar-refractivity contribution is 0.340. The van der Waals surface area contributed by atoms with Crippen LogP contribution < -0.4 is 4.74 Å². The summed E-state index contributed by atoms with van der Waals surface area (Å²) < 4.78 is 10.7. The lowest BCUT2D eigenvalue weighted by atomic mass is 10.2. The van der Waals surface area contributed by atoms with Crippen molar-refractivity contribution >= 4 is 11.3 Å². The average Bonchev–Trinajstić information content (AvgIpc) is 3.09. The molecule has 1 aromatic carbocycles. The Labute approximate surface area is 121 Å². The molecule has 3 rings (SSSR count). The molecule has 4 nitrogen and oxygen atoms in total. The van der Waals surface area contributed by atoms with Crippen molar-refractivity contribution in [3.05, 3.63) is 41.3 Å². The minimum absolute atomic E-state index is 0.522. The first-order valence-electron chi connectivity index (χ1n) is 6.40. The Morgan fingerprint density at radius 1 is 1.15 bits per heavy atom. The monoisotopic (exact) mass is 286 g/mol. The average molecular weight is 286 g/mol. The van der Waals surface area contributed by atoms with Gasteiger partial charge in [0.25, 0.3) is 5.89 Å². The molecule has 3 aromatic rings. The smallest absolute Gasteiger partial charge is 0.258 e. The number of rotatable bonds is 4. The molecule has 0 aliphatic carbocycles. The van der Waals surface area contributed by atoms with Crippen LogP contribution in [0.1, 0.15) is 11.8 Å². The zero-order valence-corrected chi connectivity index (χ0v) is 12.1. The number of aromatic nitrogens is 2. The topological polar surface area (TPSA) is 48.2 Å². The molecule has 0 aliphatic heterocycles. The van der Waals surface area contributed by atoms with Crippen LogP contribution in [-0.2, 0) is 0 Å². The van der Waals surface area contributed by atoms with E-state index in [0.717, 1.165) is 16.2 Å². The highest BCUT2D eigenvalue weighted by Crippen LogP contribution is 2.28. The van der Waals surface area contributed by atoms with Gasteiger partial charge in [-0.15, -0.1) is 11.3 Å². The van der Waals surface area contributed by atoms with Gasteiger partial charge in [0.2, 0.25) is 5.82 Å². The molecular formula is C15H14N2O2S. The van der Waals surface area contributed by atoms with E-state index >= 15 is 0 Å². The normalized spacial score (nSPS) is 10.7. The minimum atomic E-state index is 0.522. The zero-order chi connectivity index (χ0) is 13.9. The van der Waals surface area contributed by atoms with E-state index in [9.17, 15) is 0 Å². The summed E-state index contributed by atoms with van der Waals surface area (Å²) in [5.74, 6) is 1.99. The van der Waals surface area contributed by atoms with Gasteiger partial charge in [-0.3, -0.25) is 0 Å². The summed E-state index contributed by atoms with van der Waals surface area (Å²) in [7, 11) is 0. The van der Waals surface area contributed by atoms with Gasteiger partial charge in [-0.25, -0.2) is 0 Å². The highest BCUT2D eigenvalue weighted by atomic mass is 32.1. The van der Waals surface area contributed by atoms with E-state index < -0.39 is 0 Å². The van der Waals surface area contributed by atoms with Crippen LogP contribution in [0.25, 0.3) is 22.2 Å². The predicted octanol–water partition coefficient (Wildman–Crippen LogP) is 4.17. The molecule has 0 N–H and O–H groups in total. The van der Waals surface area contributed by atoms with Crippen LogP contribution in [0.4, 0.5) is 0 Å². The van der Waals surface area contributed by atoms with E-state index in [4.69, 9.17) is 9.26 Å². The van der Waals surface area contributed by atoms with Gasteiger partial charge in [0.05, 0.1) is 11.5 Å². The molecule has 0 aliphatic rings. The zero-order valence-electron chi connectivity index (χ0n) is 11.3. The molecular weight excluding hydrogens is 272 g/mol. The minimum Gasteiger partial charge on any atom is -0.494 e. The Morgan fingerprint density at radius 2 is 1.95 bits per heavy atom.